The Hall–Kier alpha value is -3.64. The van der Waals surface area contributed by atoms with Crippen molar-refractivity contribution in [1.82, 2.24) is 18.7 Å². The van der Waals surface area contributed by atoms with Crippen molar-refractivity contribution in [3.63, 3.8) is 0 Å². The van der Waals surface area contributed by atoms with Gasteiger partial charge in [-0.05, 0) is 70.9 Å². The standard InChI is InChI=1S/C30H37N5O4/c1-4-20(2)35-28-26(29(37)33(30(35)38)17-10-18-36)34(19-22-11-6-5-7-12-22)27(32-28)24-15-16-25(31-21(24)3)39-23-13-8-9-14-23/h5-6,11,20,23,36H,4,8-10,13-19H2,1-3H3. The second-order valence-electron chi connectivity index (χ2n) is 10.6. The zero-order valence-corrected chi connectivity index (χ0v) is 23.1. The molecule has 0 aromatic carbocycles. The number of aliphatic hydroxyl groups excluding tert-OH is 1. The van der Waals surface area contributed by atoms with Crippen LogP contribution in [-0.2, 0) is 17.8 Å². The number of ether oxygens (including phenoxy) is 1. The summed E-state index contributed by atoms with van der Waals surface area (Å²) >= 11 is 0. The van der Waals surface area contributed by atoms with Crippen LogP contribution in [0.15, 0.2) is 55.5 Å². The molecule has 1 N–H and O–H groups in total. The summed E-state index contributed by atoms with van der Waals surface area (Å²) in [4.78, 5) is 37.3. The Morgan fingerprint density at radius 2 is 2.00 bits per heavy atom. The van der Waals surface area contributed by atoms with Crippen molar-refractivity contribution in [2.75, 3.05) is 6.61 Å². The highest BCUT2D eigenvalue weighted by Crippen LogP contribution is 2.32. The van der Waals surface area contributed by atoms with E-state index in [-0.39, 0.29) is 25.3 Å². The molecule has 0 bridgehead atoms. The Kier molecular flexibility index (Phi) is 8.03. The van der Waals surface area contributed by atoms with E-state index in [9.17, 15) is 14.7 Å². The van der Waals surface area contributed by atoms with Crippen molar-refractivity contribution in [1.29, 1.82) is 0 Å². The van der Waals surface area contributed by atoms with Crippen LogP contribution in [0, 0.1) is 0 Å². The molecular formula is C30H37N5O4. The Morgan fingerprint density at radius 3 is 2.67 bits per heavy atom. The number of allylic oxidation sites excluding steroid dienone is 6. The monoisotopic (exact) mass is 531 g/mol. The van der Waals surface area contributed by atoms with E-state index in [1.165, 1.54) is 17.4 Å². The van der Waals surface area contributed by atoms with Crippen LogP contribution in [0.1, 0.15) is 84.0 Å². The van der Waals surface area contributed by atoms with Gasteiger partial charge in [0.15, 0.2) is 17.1 Å². The number of fused-ring (bicyclic) bond motifs is 1. The van der Waals surface area contributed by atoms with Gasteiger partial charge in [0.1, 0.15) is 11.9 Å². The van der Waals surface area contributed by atoms with Gasteiger partial charge in [0.05, 0.1) is 6.54 Å². The molecule has 5 rings (SSSR count). The molecule has 1 saturated carbocycles. The van der Waals surface area contributed by atoms with Crippen LogP contribution in [0.2, 0.25) is 0 Å². The van der Waals surface area contributed by atoms with E-state index in [4.69, 9.17) is 14.7 Å². The van der Waals surface area contributed by atoms with Crippen molar-refractivity contribution >= 4 is 22.6 Å². The van der Waals surface area contributed by atoms with Gasteiger partial charge in [-0.1, -0.05) is 24.5 Å². The first kappa shape index (κ1) is 26.9. The second kappa shape index (κ2) is 11.6. The zero-order chi connectivity index (χ0) is 27.5. The van der Waals surface area contributed by atoms with Crippen LogP contribution >= 0.6 is 0 Å². The van der Waals surface area contributed by atoms with Crippen molar-refractivity contribution in [3.05, 3.63) is 67.6 Å². The van der Waals surface area contributed by atoms with Crippen molar-refractivity contribution in [2.24, 2.45) is 4.99 Å². The van der Waals surface area contributed by atoms with Crippen LogP contribution in [0.25, 0.3) is 16.7 Å². The molecule has 1 atom stereocenters. The van der Waals surface area contributed by atoms with Crippen LogP contribution in [0.3, 0.4) is 0 Å². The number of hydrogen-bond donors (Lipinski definition) is 1. The van der Waals surface area contributed by atoms with E-state index in [0.717, 1.165) is 35.6 Å². The van der Waals surface area contributed by atoms with E-state index in [0.29, 0.717) is 49.2 Å². The fourth-order valence-corrected chi connectivity index (χ4v) is 5.58. The lowest BCUT2D eigenvalue weighted by molar-refractivity contribution is 0.190. The number of aliphatic hydroxyl groups is 1. The maximum Gasteiger partial charge on any atom is 0.332 e. The van der Waals surface area contributed by atoms with Gasteiger partial charge in [-0.2, -0.15) is 0 Å². The normalized spacial score (nSPS) is 18.3. The SMILES string of the molecule is CCC(C)n1c(=O)n(CCCO)c(=O)c2c1nc(C1=C(C)N=C(OC3CCCC3)CC1)n2CC1=C=C=CC=C1. The minimum atomic E-state index is -0.399. The number of aliphatic imine (C=N–C) groups is 1. The van der Waals surface area contributed by atoms with Gasteiger partial charge in [0.2, 0.25) is 0 Å². The molecule has 2 aliphatic carbocycles. The third kappa shape index (κ3) is 5.30. The first-order valence-corrected chi connectivity index (χ1v) is 14.1. The lowest BCUT2D eigenvalue weighted by atomic mass is 10.0. The molecular weight excluding hydrogens is 494 g/mol. The predicted octanol–water partition coefficient (Wildman–Crippen LogP) is 4.40. The molecule has 39 heavy (non-hydrogen) atoms. The smallest absolute Gasteiger partial charge is 0.332 e. The van der Waals surface area contributed by atoms with Gasteiger partial charge in [0, 0.05) is 42.5 Å². The molecule has 0 amide bonds. The molecule has 0 saturated heterocycles. The fourth-order valence-electron chi connectivity index (χ4n) is 5.58. The molecule has 206 valence electrons. The van der Waals surface area contributed by atoms with Crippen molar-refractivity contribution in [2.45, 2.75) is 97.4 Å². The highest BCUT2D eigenvalue weighted by Gasteiger charge is 2.28. The van der Waals surface area contributed by atoms with Gasteiger partial charge in [0.25, 0.3) is 5.56 Å². The highest BCUT2D eigenvalue weighted by atomic mass is 16.5. The minimum Gasteiger partial charge on any atom is -0.477 e. The number of rotatable bonds is 9. The van der Waals surface area contributed by atoms with Gasteiger partial charge in [-0.15, -0.1) is 0 Å². The van der Waals surface area contributed by atoms with E-state index in [1.807, 2.05) is 37.5 Å². The average Bonchev–Trinajstić information content (AvgIpc) is 3.57. The van der Waals surface area contributed by atoms with Crippen molar-refractivity contribution < 1.29 is 9.84 Å². The van der Waals surface area contributed by atoms with E-state index >= 15 is 0 Å². The molecule has 0 radical (unpaired) electrons. The number of nitrogens with zero attached hydrogens (tertiary/aromatic N) is 5. The third-order valence-corrected chi connectivity index (χ3v) is 7.86. The van der Waals surface area contributed by atoms with Gasteiger partial charge >= 0.3 is 5.69 Å². The summed E-state index contributed by atoms with van der Waals surface area (Å²) in [7, 11) is 0. The molecule has 1 aliphatic heterocycles. The molecule has 1 fully saturated rings. The summed E-state index contributed by atoms with van der Waals surface area (Å²) < 4.78 is 11.0. The quantitative estimate of drug-likeness (QED) is 0.483. The zero-order valence-electron chi connectivity index (χ0n) is 23.1. The minimum absolute atomic E-state index is 0.109. The summed E-state index contributed by atoms with van der Waals surface area (Å²) in [6.45, 7) is 6.31. The van der Waals surface area contributed by atoms with Gasteiger partial charge in [-0.25, -0.2) is 14.8 Å². The van der Waals surface area contributed by atoms with Crippen LogP contribution in [-0.4, -0.2) is 42.4 Å². The molecule has 0 spiro atoms. The highest BCUT2D eigenvalue weighted by molar-refractivity contribution is 5.86. The van der Waals surface area contributed by atoms with Gasteiger partial charge < -0.3 is 14.4 Å². The molecule has 1 unspecified atom stereocenters. The van der Waals surface area contributed by atoms with Crippen LogP contribution in [0.5, 0.6) is 0 Å². The molecule has 9 nitrogen and oxygen atoms in total. The van der Waals surface area contributed by atoms with Crippen molar-refractivity contribution in [3.8, 4) is 0 Å². The maximum atomic E-state index is 13.9. The van der Waals surface area contributed by atoms with Crippen LogP contribution < -0.4 is 11.2 Å². The van der Waals surface area contributed by atoms with E-state index in [1.54, 1.807) is 10.6 Å². The topological polar surface area (TPSA) is 104 Å². The Balaban J connectivity index is 1.73. The third-order valence-electron chi connectivity index (χ3n) is 7.86. The molecule has 3 aliphatic rings. The maximum absolute atomic E-state index is 13.9. The fraction of sp³-hybridized carbons (Fsp3) is 0.533. The summed E-state index contributed by atoms with van der Waals surface area (Å²) in [5.41, 5.74) is 8.70. The van der Waals surface area contributed by atoms with E-state index < -0.39 is 11.2 Å². The molecule has 2 aromatic heterocycles. The Labute approximate surface area is 227 Å². The summed E-state index contributed by atoms with van der Waals surface area (Å²) in [5.74, 6) is 1.40. The summed E-state index contributed by atoms with van der Waals surface area (Å²) in [6, 6.07) is -0.167. The van der Waals surface area contributed by atoms with Gasteiger partial charge in [-0.3, -0.25) is 13.9 Å². The Bertz CT molecular complexity index is 1580. The van der Waals surface area contributed by atoms with Crippen LogP contribution in [0.4, 0.5) is 0 Å². The summed E-state index contributed by atoms with van der Waals surface area (Å²) in [5, 5.41) is 9.43. The first-order valence-electron chi connectivity index (χ1n) is 14.1. The Morgan fingerprint density at radius 1 is 1.21 bits per heavy atom. The number of aromatic nitrogens is 4. The summed E-state index contributed by atoms with van der Waals surface area (Å²) in [6.07, 6.45) is 12.8. The largest absolute Gasteiger partial charge is 0.477 e. The van der Waals surface area contributed by atoms with E-state index in [2.05, 4.69) is 11.5 Å². The molecule has 3 heterocycles. The number of imidazole rings is 1. The predicted molar refractivity (Wildman–Crippen MR) is 152 cm³/mol. The lowest BCUT2D eigenvalue weighted by Gasteiger charge is -2.21. The lowest BCUT2D eigenvalue weighted by Crippen LogP contribution is -2.41. The molecule has 9 heteroatoms. The first-order chi connectivity index (χ1) is 18.9. The second-order valence-corrected chi connectivity index (χ2v) is 10.6. The molecule has 2 aromatic rings. The average molecular weight is 532 g/mol. The number of hydrogen-bond acceptors (Lipinski definition) is 6.